The quantitative estimate of drug-likeness (QED) is 0.605. The van der Waals surface area contributed by atoms with Crippen LogP contribution in [0.15, 0.2) is 57.9 Å². The molecule has 170 valence electrons. The Hall–Kier alpha value is -3.68. The number of amides is 2. The molecule has 0 radical (unpaired) electrons. The Kier molecular flexibility index (Phi) is 5.36. The Bertz CT molecular complexity index is 1230. The van der Waals surface area contributed by atoms with Crippen LogP contribution in [0.25, 0.3) is 22.6 Å². The van der Waals surface area contributed by atoms with Crippen molar-refractivity contribution in [2.24, 2.45) is 10.9 Å². The van der Waals surface area contributed by atoms with E-state index in [0.29, 0.717) is 49.2 Å². The molecule has 3 heterocycles. The van der Waals surface area contributed by atoms with Gasteiger partial charge in [-0.15, -0.1) is 0 Å². The number of aromatic nitrogens is 1. The minimum absolute atomic E-state index is 0.0359. The summed E-state index contributed by atoms with van der Waals surface area (Å²) in [5, 5.41) is 0. The summed E-state index contributed by atoms with van der Waals surface area (Å²) in [5.41, 5.74) is 2.80. The minimum atomic E-state index is -0.116. The molecule has 2 aliphatic rings. The molecule has 1 fully saturated rings. The van der Waals surface area contributed by atoms with Crippen LogP contribution < -0.4 is 0 Å². The van der Waals surface area contributed by atoms with E-state index in [0.717, 1.165) is 11.1 Å². The van der Waals surface area contributed by atoms with Crippen LogP contribution in [-0.4, -0.2) is 76.7 Å². The number of fused-ring (bicyclic) bond motifs is 1. The highest BCUT2D eigenvalue weighted by Crippen LogP contribution is 2.25. The Balaban J connectivity index is 1.29. The van der Waals surface area contributed by atoms with Crippen LogP contribution in [0.2, 0.25) is 0 Å². The van der Waals surface area contributed by atoms with Gasteiger partial charge < -0.3 is 14.2 Å². The van der Waals surface area contributed by atoms with Crippen molar-refractivity contribution >= 4 is 28.9 Å². The topological polar surface area (TPSA) is 82.2 Å². The van der Waals surface area contributed by atoms with Crippen molar-refractivity contribution in [1.29, 1.82) is 0 Å². The van der Waals surface area contributed by atoms with E-state index >= 15 is 0 Å². The van der Waals surface area contributed by atoms with Crippen molar-refractivity contribution in [3.05, 3.63) is 54.1 Å². The Morgan fingerprint density at radius 2 is 1.76 bits per heavy atom. The predicted octanol–water partition coefficient (Wildman–Crippen LogP) is 3.11. The third-order valence-corrected chi connectivity index (χ3v) is 6.57. The van der Waals surface area contributed by atoms with Gasteiger partial charge in [-0.05, 0) is 37.3 Å². The first-order valence-corrected chi connectivity index (χ1v) is 11.3. The summed E-state index contributed by atoms with van der Waals surface area (Å²) in [7, 11) is 1.78. The zero-order chi connectivity index (χ0) is 23.1. The van der Waals surface area contributed by atoms with E-state index in [1.165, 1.54) is 0 Å². The van der Waals surface area contributed by atoms with Crippen molar-refractivity contribution in [2.45, 2.75) is 19.9 Å². The summed E-state index contributed by atoms with van der Waals surface area (Å²) in [5.74, 6) is 1.18. The van der Waals surface area contributed by atoms with Gasteiger partial charge in [0.05, 0.1) is 12.0 Å². The molecule has 8 nitrogen and oxygen atoms in total. The van der Waals surface area contributed by atoms with Crippen molar-refractivity contribution in [3.8, 4) is 11.5 Å². The fourth-order valence-corrected chi connectivity index (χ4v) is 4.34. The number of piperazine rings is 1. The molecule has 2 amide bonds. The first-order chi connectivity index (χ1) is 15.9. The normalized spacial score (nSPS) is 21.5. The number of oxazole rings is 1. The minimum Gasteiger partial charge on any atom is -0.436 e. The Morgan fingerprint density at radius 1 is 1.03 bits per heavy atom. The third-order valence-electron chi connectivity index (χ3n) is 6.57. The van der Waals surface area contributed by atoms with E-state index < -0.39 is 0 Å². The molecule has 2 aliphatic heterocycles. The van der Waals surface area contributed by atoms with Crippen LogP contribution in [0.4, 0.5) is 0 Å². The van der Waals surface area contributed by atoms with Gasteiger partial charge in [-0.3, -0.25) is 14.5 Å². The van der Waals surface area contributed by atoms with Crippen molar-refractivity contribution in [2.75, 3.05) is 33.2 Å². The first-order valence-electron chi connectivity index (χ1n) is 11.3. The predicted molar refractivity (Wildman–Crippen MR) is 126 cm³/mol. The van der Waals surface area contributed by atoms with Crippen molar-refractivity contribution in [1.82, 2.24) is 19.7 Å². The number of benzene rings is 2. The van der Waals surface area contributed by atoms with Gasteiger partial charge in [-0.2, -0.15) is 0 Å². The molecule has 2 atom stereocenters. The summed E-state index contributed by atoms with van der Waals surface area (Å²) >= 11 is 0. The highest BCUT2D eigenvalue weighted by atomic mass is 16.3. The van der Waals surface area contributed by atoms with E-state index in [4.69, 9.17) is 9.41 Å². The molecule has 1 saturated heterocycles. The number of carbonyl (C=O) groups is 2. The van der Waals surface area contributed by atoms with Gasteiger partial charge in [-0.25, -0.2) is 9.98 Å². The van der Waals surface area contributed by atoms with E-state index in [1.54, 1.807) is 24.1 Å². The van der Waals surface area contributed by atoms with Crippen LogP contribution in [0.3, 0.4) is 0 Å². The molecule has 2 aromatic carbocycles. The molecule has 8 heteroatoms. The molecule has 0 saturated carbocycles. The summed E-state index contributed by atoms with van der Waals surface area (Å²) < 4.78 is 5.93. The smallest absolute Gasteiger partial charge is 0.254 e. The Morgan fingerprint density at radius 3 is 2.48 bits per heavy atom. The van der Waals surface area contributed by atoms with Crippen molar-refractivity contribution < 1.29 is 14.0 Å². The van der Waals surface area contributed by atoms with Gasteiger partial charge in [0.15, 0.2) is 5.58 Å². The maximum absolute atomic E-state index is 13.2. The fraction of sp³-hybridized carbons (Fsp3) is 0.360. The van der Waals surface area contributed by atoms with E-state index in [-0.39, 0.29) is 23.8 Å². The maximum Gasteiger partial charge on any atom is 0.254 e. The molecule has 2 unspecified atom stereocenters. The number of hydrogen-bond acceptors (Lipinski definition) is 6. The number of carbonyl (C=O) groups excluding carboxylic acids is 2. The second-order valence-electron chi connectivity index (χ2n) is 8.70. The average Bonchev–Trinajstić information content (AvgIpc) is 3.29. The summed E-state index contributed by atoms with van der Waals surface area (Å²) in [4.78, 5) is 40.5. The zero-order valence-corrected chi connectivity index (χ0v) is 19.1. The largest absolute Gasteiger partial charge is 0.436 e. The molecule has 0 spiro atoms. The lowest BCUT2D eigenvalue weighted by Crippen LogP contribution is -2.57. The SMILES string of the molecule is CC1N=C(N2CCN(C(=O)c3ccc4nc(-c5ccccc5)oc4c3)CC2)N(C)C(=O)C1C. The molecular weight excluding hydrogens is 418 g/mol. The van der Waals surface area contributed by atoms with Gasteiger partial charge >= 0.3 is 0 Å². The zero-order valence-electron chi connectivity index (χ0n) is 19.1. The second kappa shape index (κ2) is 8.35. The standard InChI is InChI=1S/C25H27N5O3/c1-16-17(2)26-25(28(3)23(16)31)30-13-11-29(12-14-30)24(32)19-9-10-20-21(15-19)33-22(27-20)18-7-5-4-6-8-18/h4-10,15-17H,11-14H2,1-3H3. The highest BCUT2D eigenvalue weighted by Gasteiger charge is 2.35. The summed E-state index contributed by atoms with van der Waals surface area (Å²) in [6, 6.07) is 15.1. The van der Waals surface area contributed by atoms with Gasteiger partial charge in [0.2, 0.25) is 17.8 Å². The lowest BCUT2D eigenvalue weighted by molar-refractivity contribution is -0.131. The molecule has 5 rings (SSSR count). The van der Waals surface area contributed by atoms with Crippen LogP contribution in [0, 0.1) is 5.92 Å². The number of aliphatic imine (C=N–C) groups is 1. The highest BCUT2D eigenvalue weighted by molar-refractivity contribution is 6.00. The molecule has 3 aromatic rings. The average molecular weight is 446 g/mol. The molecule has 0 N–H and O–H groups in total. The van der Waals surface area contributed by atoms with Crippen LogP contribution in [-0.2, 0) is 4.79 Å². The number of guanidine groups is 1. The van der Waals surface area contributed by atoms with E-state index in [9.17, 15) is 9.59 Å². The maximum atomic E-state index is 13.2. The summed E-state index contributed by atoms with van der Waals surface area (Å²) in [6.07, 6.45) is 0. The van der Waals surface area contributed by atoms with Crippen LogP contribution in [0.1, 0.15) is 24.2 Å². The fourth-order valence-electron chi connectivity index (χ4n) is 4.34. The van der Waals surface area contributed by atoms with Gasteiger partial charge in [0.25, 0.3) is 5.91 Å². The van der Waals surface area contributed by atoms with E-state index in [1.807, 2.05) is 55.1 Å². The van der Waals surface area contributed by atoms with Crippen molar-refractivity contribution in [3.63, 3.8) is 0 Å². The monoisotopic (exact) mass is 445 g/mol. The lowest BCUT2D eigenvalue weighted by atomic mass is 10.0. The van der Waals surface area contributed by atoms with E-state index in [2.05, 4.69) is 9.88 Å². The lowest BCUT2D eigenvalue weighted by Gasteiger charge is -2.41. The molecule has 0 aliphatic carbocycles. The Labute approximate surface area is 192 Å². The first kappa shape index (κ1) is 21.2. The number of rotatable bonds is 2. The van der Waals surface area contributed by atoms with Gasteiger partial charge in [0.1, 0.15) is 5.52 Å². The second-order valence-corrected chi connectivity index (χ2v) is 8.70. The van der Waals surface area contributed by atoms with Gasteiger partial charge in [0, 0.05) is 44.4 Å². The summed E-state index contributed by atoms with van der Waals surface area (Å²) in [6.45, 7) is 6.27. The molecular formula is C25H27N5O3. The molecule has 33 heavy (non-hydrogen) atoms. The third kappa shape index (κ3) is 3.86. The molecule has 0 bridgehead atoms. The van der Waals surface area contributed by atoms with Crippen LogP contribution in [0.5, 0.6) is 0 Å². The van der Waals surface area contributed by atoms with Gasteiger partial charge in [-0.1, -0.05) is 25.1 Å². The number of hydrogen-bond donors (Lipinski definition) is 0. The van der Waals surface area contributed by atoms with Crippen LogP contribution >= 0.6 is 0 Å². The molecule has 1 aromatic heterocycles. The number of nitrogens with zero attached hydrogens (tertiary/aromatic N) is 5.